The van der Waals surface area contributed by atoms with Gasteiger partial charge in [0.15, 0.2) is 0 Å². The van der Waals surface area contributed by atoms with Crippen LogP contribution in [0.1, 0.15) is 13.3 Å². The fourth-order valence-corrected chi connectivity index (χ4v) is 2.09. The van der Waals surface area contributed by atoms with Gasteiger partial charge < -0.3 is 20.4 Å². The third kappa shape index (κ3) is 3.60. The van der Waals surface area contributed by atoms with Gasteiger partial charge in [-0.05, 0) is 13.0 Å². The van der Waals surface area contributed by atoms with Crippen molar-refractivity contribution in [3.63, 3.8) is 0 Å². The van der Waals surface area contributed by atoms with Crippen molar-refractivity contribution < 1.29 is 9.59 Å². The van der Waals surface area contributed by atoms with E-state index in [1.54, 1.807) is 23.9 Å². The predicted molar refractivity (Wildman–Crippen MR) is 70.1 cm³/mol. The maximum Gasteiger partial charge on any atom is 0.319 e. The molecule has 18 heavy (non-hydrogen) atoms. The number of amides is 3. The lowest BCUT2D eigenvalue weighted by atomic mass is 10.1. The lowest BCUT2D eigenvalue weighted by Crippen LogP contribution is -2.53. The minimum Gasteiger partial charge on any atom is -0.339 e. The first kappa shape index (κ1) is 14.8. The molecule has 0 radical (unpaired) electrons. The lowest BCUT2D eigenvalue weighted by molar-refractivity contribution is -0.136. The van der Waals surface area contributed by atoms with Crippen LogP contribution in [0.15, 0.2) is 0 Å². The number of hydrogen-bond donors (Lipinski definition) is 1. The molecule has 0 aromatic heterocycles. The Morgan fingerprint density at radius 1 is 1.17 bits per heavy atom. The van der Waals surface area contributed by atoms with E-state index in [-0.39, 0.29) is 17.9 Å². The van der Waals surface area contributed by atoms with Crippen LogP contribution in [0, 0.1) is 5.92 Å². The van der Waals surface area contributed by atoms with E-state index < -0.39 is 0 Å². The summed E-state index contributed by atoms with van der Waals surface area (Å²) in [7, 11) is 3.48. The SMILES string of the molecule is CC(CCN)C(=O)N1CCN(C(=O)N(C)C)CC1. The largest absolute Gasteiger partial charge is 0.339 e. The Balaban J connectivity index is 2.44. The molecule has 1 unspecified atom stereocenters. The van der Waals surface area contributed by atoms with Crippen molar-refractivity contribution in [3.05, 3.63) is 0 Å². The van der Waals surface area contributed by atoms with Gasteiger partial charge in [0.2, 0.25) is 5.91 Å². The molecule has 0 aliphatic carbocycles. The third-order valence-corrected chi connectivity index (χ3v) is 3.27. The van der Waals surface area contributed by atoms with Crippen LogP contribution >= 0.6 is 0 Å². The molecule has 0 aromatic carbocycles. The number of nitrogens with zero attached hydrogens (tertiary/aromatic N) is 3. The predicted octanol–water partition coefficient (Wildman–Crippen LogP) is -0.203. The second-order valence-corrected chi connectivity index (χ2v) is 4.97. The van der Waals surface area contributed by atoms with Crippen molar-refractivity contribution in [1.29, 1.82) is 0 Å². The van der Waals surface area contributed by atoms with Crippen molar-refractivity contribution in [2.45, 2.75) is 13.3 Å². The number of piperazine rings is 1. The van der Waals surface area contributed by atoms with E-state index in [1.807, 2.05) is 11.8 Å². The first-order chi connectivity index (χ1) is 8.47. The van der Waals surface area contributed by atoms with E-state index in [0.717, 1.165) is 6.42 Å². The molecule has 2 N–H and O–H groups in total. The molecule has 1 fully saturated rings. The van der Waals surface area contributed by atoms with E-state index in [9.17, 15) is 9.59 Å². The highest BCUT2D eigenvalue weighted by Crippen LogP contribution is 2.10. The van der Waals surface area contributed by atoms with Gasteiger partial charge in [-0.25, -0.2) is 4.79 Å². The second-order valence-electron chi connectivity index (χ2n) is 4.97. The Hall–Kier alpha value is -1.30. The average Bonchev–Trinajstić information content (AvgIpc) is 2.37. The molecular weight excluding hydrogens is 232 g/mol. The van der Waals surface area contributed by atoms with Crippen LogP contribution in [0.5, 0.6) is 0 Å². The average molecular weight is 256 g/mol. The van der Waals surface area contributed by atoms with Crippen molar-refractivity contribution in [3.8, 4) is 0 Å². The topological polar surface area (TPSA) is 69.9 Å². The van der Waals surface area contributed by atoms with Crippen molar-refractivity contribution in [2.75, 3.05) is 46.8 Å². The van der Waals surface area contributed by atoms with Gasteiger partial charge in [0.1, 0.15) is 0 Å². The molecule has 104 valence electrons. The van der Waals surface area contributed by atoms with Crippen LogP contribution < -0.4 is 5.73 Å². The summed E-state index contributed by atoms with van der Waals surface area (Å²) in [6, 6.07) is 0.0112. The molecule has 0 aromatic rings. The normalized spacial score (nSPS) is 17.6. The van der Waals surface area contributed by atoms with Crippen molar-refractivity contribution in [1.82, 2.24) is 14.7 Å². The minimum atomic E-state index is -0.0221. The number of rotatable bonds is 3. The fourth-order valence-electron chi connectivity index (χ4n) is 2.09. The van der Waals surface area contributed by atoms with Gasteiger partial charge in [0, 0.05) is 46.2 Å². The molecule has 0 saturated carbocycles. The molecule has 6 nitrogen and oxygen atoms in total. The standard InChI is InChI=1S/C12H24N4O2/c1-10(4-5-13)11(17)15-6-8-16(9-7-15)12(18)14(2)3/h10H,4-9,13H2,1-3H3. The summed E-state index contributed by atoms with van der Waals surface area (Å²) in [5.74, 6) is 0.128. The molecule has 1 aliphatic rings. The van der Waals surface area contributed by atoms with E-state index in [1.165, 1.54) is 0 Å². The number of carbonyl (C=O) groups is 2. The van der Waals surface area contributed by atoms with E-state index >= 15 is 0 Å². The number of carbonyl (C=O) groups excluding carboxylic acids is 2. The maximum atomic E-state index is 12.1. The molecule has 0 spiro atoms. The fraction of sp³-hybridized carbons (Fsp3) is 0.833. The van der Waals surface area contributed by atoms with Crippen LogP contribution in [-0.4, -0.2) is 73.5 Å². The highest BCUT2D eigenvalue weighted by Gasteiger charge is 2.26. The van der Waals surface area contributed by atoms with Crippen LogP contribution in [0.3, 0.4) is 0 Å². The van der Waals surface area contributed by atoms with Crippen LogP contribution in [0.2, 0.25) is 0 Å². The van der Waals surface area contributed by atoms with Crippen LogP contribution in [-0.2, 0) is 4.79 Å². The number of hydrogen-bond acceptors (Lipinski definition) is 3. The Bertz CT molecular complexity index is 298. The zero-order chi connectivity index (χ0) is 13.7. The first-order valence-electron chi connectivity index (χ1n) is 6.42. The van der Waals surface area contributed by atoms with Gasteiger partial charge in [-0.3, -0.25) is 4.79 Å². The molecule has 3 amide bonds. The van der Waals surface area contributed by atoms with Gasteiger partial charge in [-0.15, -0.1) is 0 Å². The summed E-state index contributed by atoms with van der Waals surface area (Å²) in [4.78, 5) is 29.0. The maximum absolute atomic E-state index is 12.1. The zero-order valence-electron chi connectivity index (χ0n) is 11.6. The molecule has 0 bridgehead atoms. The summed E-state index contributed by atoms with van der Waals surface area (Å²) >= 11 is 0. The molecule has 1 rings (SSSR count). The quantitative estimate of drug-likeness (QED) is 0.760. The van der Waals surface area contributed by atoms with E-state index in [4.69, 9.17) is 5.73 Å². The van der Waals surface area contributed by atoms with Gasteiger partial charge in [-0.1, -0.05) is 6.92 Å². The second kappa shape index (κ2) is 6.58. The molecule has 1 heterocycles. The minimum absolute atomic E-state index is 0.0112. The highest BCUT2D eigenvalue weighted by molar-refractivity contribution is 5.79. The third-order valence-electron chi connectivity index (χ3n) is 3.27. The monoisotopic (exact) mass is 256 g/mol. The van der Waals surface area contributed by atoms with Gasteiger partial charge in [-0.2, -0.15) is 0 Å². The van der Waals surface area contributed by atoms with Gasteiger partial charge in [0.05, 0.1) is 0 Å². The lowest BCUT2D eigenvalue weighted by Gasteiger charge is -2.37. The van der Waals surface area contributed by atoms with Crippen molar-refractivity contribution in [2.24, 2.45) is 11.7 Å². The van der Waals surface area contributed by atoms with Gasteiger partial charge in [0.25, 0.3) is 0 Å². The summed E-state index contributed by atoms with van der Waals surface area (Å²) in [6.07, 6.45) is 0.718. The van der Waals surface area contributed by atoms with E-state index in [0.29, 0.717) is 32.7 Å². The first-order valence-corrected chi connectivity index (χ1v) is 6.42. The Labute approximate surface area is 109 Å². The smallest absolute Gasteiger partial charge is 0.319 e. The van der Waals surface area contributed by atoms with Crippen LogP contribution in [0.25, 0.3) is 0 Å². The van der Waals surface area contributed by atoms with Crippen LogP contribution in [0.4, 0.5) is 4.79 Å². The molecule has 1 saturated heterocycles. The Kier molecular flexibility index (Phi) is 5.40. The molecule has 1 atom stereocenters. The highest BCUT2D eigenvalue weighted by atomic mass is 16.2. The number of urea groups is 1. The molecular formula is C12H24N4O2. The Morgan fingerprint density at radius 3 is 2.11 bits per heavy atom. The molecule has 6 heteroatoms. The number of nitrogens with two attached hydrogens (primary N) is 1. The summed E-state index contributed by atoms with van der Waals surface area (Å²) in [6.45, 7) is 4.90. The zero-order valence-corrected chi connectivity index (χ0v) is 11.6. The van der Waals surface area contributed by atoms with Crippen molar-refractivity contribution >= 4 is 11.9 Å². The van der Waals surface area contributed by atoms with Gasteiger partial charge >= 0.3 is 6.03 Å². The van der Waals surface area contributed by atoms with E-state index in [2.05, 4.69) is 0 Å². The molecule has 1 aliphatic heterocycles. The Morgan fingerprint density at radius 2 is 1.67 bits per heavy atom. The summed E-state index contributed by atoms with van der Waals surface area (Å²) in [5, 5.41) is 0. The summed E-state index contributed by atoms with van der Waals surface area (Å²) < 4.78 is 0. The summed E-state index contributed by atoms with van der Waals surface area (Å²) in [5.41, 5.74) is 5.46.